The fraction of sp³-hybridized carbons (Fsp3) is 0.148. The molecule has 34 heavy (non-hydrogen) atoms. The number of carbonyl (C=O) groups is 3. The van der Waals surface area contributed by atoms with Crippen molar-refractivity contribution in [2.75, 3.05) is 24.6 Å². The van der Waals surface area contributed by atoms with E-state index in [1.54, 1.807) is 30.3 Å². The third-order valence-electron chi connectivity index (χ3n) is 5.60. The number of rotatable bonds is 8. The van der Waals surface area contributed by atoms with Gasteiger partial charge in [-0.3, -0.25) is 14.5 Å². The summed E-state index contributed by atoms with van der Waals surface area (Å²) in [5, 5.41) is 11.7. The van der Waals surface area contributed by atoms with Crippen LogP contribution in [0.1, 0.15) is 17.0 Å². The normalized spacial score (nSPS) is 12.1. The Labute approximate surface area is 197 Å². The summed E-state index contributed by atoms with van der Waals surface area (Å²) in [6.07, 6.45) is 2.10. The number of hydrogen-bond donors (Lipinski definition) is 2. The largest absolute Gasteiger partial charge is 0.480 e. The molecule has 1 aliphatic carbocycles. The zero-order chi connectivity index (χ0) is 23.9. The molecule has 0 fully saturated rings. The highest BCUT2D eigenvalue weighted by atomic mass is 16.5. The Balaban J connectivity index is 1.31. The second-order valence-electron chi connectivity index (χ2n) is 7.76. The summed E-state index contributed by atoms with van der Waals surface area (Å²) in [7, 11) is 0. The Hall–Kier alpha value is -4.39. The fourth-order valence-electron chi connectivity index (χ4n) is 4.08. The lowest BCUT2D eigenvalue weighted by Gasteiger charge is -2.19. The maximum Gasteiger partial charge on any atom is 0.407 e. The van der Waals surface area contributed by atoms with Gasteiger partial charge in [0.25, 0.3) is 5.91 Å². The SMILES string of the molecule is O=C(O)CN(C(=O)/C=C/CNC(=O)OCC1c2ccccc2-c2ccccc21)c1ccccc1. The molecule has 7 nitrogen and oxygen atoms in total. The van der Waals surface area contributed by atoms with E-state index in [1.165, 1.54) is 12.2 Å². The van der Waals surface area contributed by atoms with Gasteiger partial charge < -0.3 is 15.2 Å². The van der Waals surface area contributed by atoms with Crippen molar-refractivity contribution in [2.24, 2.45) is 0 Å². The number of nitrogens with one attached hydrogen (secondary N) is 1. The number of carboxylic acid groups (broad SMARTS) is 1. The van der Waals surface area contributed by atoms with E-state index >= 15 is 0 Å². The smallest absolute Gasteiger partial charge is 0.407 e. The molecule has 0 aromatic heterocycles. The van der Waals surface area contributed by atoms with Crippen molar-refractivity contribution in [3.8, 4) is 11.1 Å². The molecule has 172 valence electrons. The van der Waals surface area contributed by atoms with Crippen molar-refractivity contribution in [1.29, 1.82) is 0 Å². The summed E-state index contributed by atoms with van der Waals surface area (Å²) in [6, 6.07) is 24.7. The Morgan fingerprint density at radius 3 is 2.09 bits per heavy atom. The number of hydrogen-bond acceptors (Lipinski definition) is 4. The highest BCUT2D eigenvalue weighted by molar-refractivity contribution is 6.04. The van der Waals surface area contributed by atoms with Crippen molar-refractivity contribution < 1.29 is 24.2 Å². The zero-order valence-electron chi connectivity index (χ0n) is 18.4. The van der Waals surface area contributed by atoms with Crippen molar-refractivity contribution in [1.82, 2.24) is 5.32 Å². The number of para-hydroxylation sites is 1. The quantitative estimate of drug-likeness (QED) is 0.496. The van der Waals surface area contributed by atoms with Gasteiger partial charge in [-0.25, -0.2) is 4.79 Å². The number of carboxylic acids is 1. The van der Waals surface area contributed by atoms with Crippen LogP contribution in [0, 0.1) is 0 Å². The maximum atomic E-state index is 12.5. The highest BCUT2D eigenvalue weighted by Crippen LogP contribution is 2.44. The number of fused-ring (bicyclic) bond motifs is 3. The molecule has 7 heteroatoms. The molecular weight excluding hydrogens is 432 g/mol. The van der Waals surface area contributed by atoms with Crippen LogP contribution >= 0.6 is 0 Å². The maximum absolute atomic E-state index is 12.5. The van der Waals surface area contributed by atoms with Crippen LogP contribution in [0.15, 0.2) is 91.0 Å². The van der Waals surface area contributed by atoms with Gasteiger partial charge in [0.15, 0.2) is 0 Å². The summed E-state index contributed by atoms with van der Waals surface area (Å²) in [6.45, 7) is -0.200. The molecule has 3 aromatic carbocycles. The Morgan fingerprint density at radius 2 is 1.47 bits per heavy atom. The van der Waals surface area contributed by atoms with Crippen LogP contribution in [0.5, 0.6) is 0 Å². The molecule has 0 atom stereocenters. The lowest BCUT2D eigenvalue weighted by molar-refractivity contribution is -0.136. The first-order valence-corrected chi connectivity index (χ1v) is 10.9. The van der Waals surface area contributed by atoms with Crippen LogP contribution in [0.3, 0.4) is 0 Å². The van der Waals surface area contributed by atoms with Gasteiger partial charge in [-0.1, -0.05) is 72.8 Å². The van der Waals surface area contributed by atoms with Crippen molar-refractivity contribution in [2.45, 2.75) is 5.92 Å². The van der Waals surface area contributed by atoms with Crippen LogP contribution in [0.4, 0.5) is 10.5 Å². The number of carbonyl (C=O) groups excluding carboxylic acids is 2. The number of ether oxygens (including phenoxy) is 1. The van der Waals surface area contributed by atoms with Crippen LogP contribution in [-0.4, -0.2) is 42.8 Å². The molecule has 3 aromatic rings. The molecule has 0 spiro atoms. The molecular formula is C27H24N2O5. The minimum atomic E-state index is -1.12. The molecule has 0 radical (unpaired) electrons. The molecule has 0 saturated carbocycles. The second kappa shape index (κ2) is 10.5. The van der Waals surface area contributed by atoms with Gasteiger partial charge in [0, 0.05) is 24.2 Å². The summed E-state index contributed by atoms with van der Waals surface area (Å²) in [4.78, 5) is 37.0. The number of nitrogens with zero attached hydrogens (tertiary/aromatic N) is 1. The van der Waals surface area contributed by atoms with Gasteiger partial charge in [-0.05, 0) is 34.4 Å². The average Bonchev–Trinajstić information content (AvgIpc) is 3.18. The number of anilines is 1. The fourth-order valence-corrected chi connectivity index (χ4v) is 4.08. The number of aliphatic carboxylic acids is 1. The third kappa shape index (κ3) is 5.15. The first-order valence-electron chi connectivity index (χ1n) is 10.9. The van der Waals surface area contributed by atoms with Gasteiger partial charge in [0.1, 0.15) is 13.2 Å². The van der Waals surface area contributed by atoms with E-state index in [-0.39, 0.29) is 19.1 Å². The first-order chi connectivity index (χ1) is 16.5. The summed E-state index contributed by atoms with van der Waals surface area (Å²) < 4.78 is 5.46. The van der Waals surface area contributed by atoms with Gasteiger partial charge in [-0.15, -0.1) is 0 Å². The van der Waals surface area contributed by atoms with Gasteiger partial charge in [0.05, 0.1) is 0 Å². The van der Waals surface area contributed by atoms with E-state index < -0.39 is 24.5 Å². The summed E-state index contributed by atoms with van der Waals surface area (Å²) in [5.74, 6) is -1.66. The van der Waals surface area contributed by atoms with E-state index in [1.807, 2.05) is 36.4 Å². The van der Waals surface area contributed by atoms with E-state index in [0.717, 1.165) is 27.2 Å². The minimum Gasteiger partial charge on any atom is -0.480 e. The van der Waals surface area contributed by atoms with E-state index in [2.05, 4.69) is 17.4 Å². The van der Waals surface area contributed by atoms with Gasteiger partial charge in [0.2, 0.25) is 0 Å². The third-order valence-corrected chi connectivity index (χ3v) is 5.60. The number of amides is 2. The van der Waals surface area contributed by atoms with E-state index in [0.29, 0.717) is 5.69 Å². The molecule has 1 aliphatic rings. The van der Waals surface area contributed by atoms with Crippen molar-refractivity contribution >= 4 is 23.7 Å². The van der Waals surface area contributed by atoms with Gasteiger partial charge >= 0.3 is 12.1 Å². The van der Waals surface area contributed by atoms with Crippen LogP contribution < -0.4 is 10.2 Å². The van der Waals surface area contributed by atoms with Crippen LogP contribution in [-0.2, 0) is 14.3 Å². The Kier molecular flexibility index (Phi) is 7.03. The lowest BCUT2D eigenvalue weighted by Crippen LogP contribution is -2.34. The summed E-state index contributed by atoms with van der Waals surface area (Å²) >= 11 is 0. The predicted molar refractivity (Wildman–Crippen MR) is 129 cm³/mol. The Bertz CT molecular complexity index is 1180. The zero-order valence-corrected chi connectivity index (χ0v) is 18.4. The number of alkyl carbamates (subject to hydrolysis) is 1. The average molecular weight is 456 g/mol. The molecule has 0 unspecified atom stereocenters. The molecule has 2 N–H and O–H groups in total. The molecule has 0 heterocycles. The minimum absolute atomic E-state index is 0.0364. The molecule has 0 aliphatic heterocycles. The van der Waals surface area contributed by atoms with E-state index in [9.17, 15) is 14.4 Å². The first kappa shape index (κ1) is 22.8. The molecule has 2 amide bonds. The summed E-state index contributed by atoms with van der Waals surface area (Å²) in [5.41, 5.74) is 5.03. The molecule has 0 saturated heterocycles. The monoisotopic (exact) mass is 456 g/mol. The van der Waals surface area contributed by atoms with Crippen LogP contribution in [0.2, 0.25) is 0 Å². The standard InChI is InChI=1S/C27H24N2O5/c30-25(29(17-26(31)32)19-9-2-1-3-10-19)15-8-16-28-27(33)34-18-24-22-13-6-4-11-20(22)21-12-5-7-14-23(21)24/h1-15,24H,16-18H2,(H,28,33)(H,31,32)/b15-8+. The van der Waals surface area contributed by atoms with E-state index in [4.69, 9.17) is 9.84 Å². The second-order valence-corrected chi connectivity index (χ2v) is 7.76. The lowest BCUT2D eigenvalue weighted by atomic mass is 9.98. The van der Waals surface area contributed by atoms with Crippen molar-refractivity contribution in [3.63, 3.8) is 0 Å². The predicted octanol–water partition coefficient (Wildman–Crippen LogP) is 4.20. The van der Waals surface area contributed by atoms with Crippen molar-refractivity contribution in [3.05, 3.63) is 102 Å². The Morgan fingerprint density at radius 1 is 0.882 bits per heavy atom. The highest BCUT2D eigenvalue weighted by Gasteiger charge is 2.28. The number of benzene rings is 3. The topological polar surface area (TPSA) is 95.9 Å². The van der Waals surface area contributed by atoms with Crippen LogP contribution in [0.25, 0.3) is 11.1 Å². The molecule has 0 bridgehead atoms. The van der Waals surface area contributed by atoms with Gasteiger partial charge in [-0.2, -0.15) is 0 Å². The molecule has 4 rings (SSSR count).